The topological polar surface area (TPSA) is 230 Å². The number of carbonyl (C=O) groups excluding carboxylic acids is 4. The molecule has 1 aliphatic heterocycles. The number of phenols is 1. The van der Waals surface area contributed by atoms with Gasteiger partial charge in [0.05, 0.1) is 19.6 Å². The number of likely N-dealkylation sites (N-methyl/N-ethyl adjacent to an activating group) is 1. The Morgan fingerprint density at radius 3 is 2.25 bits per heavy atom. The van der Waals surface area contributed by atoms with Crippen LogP contribution in [0.15, 0.2) is 89.3 Å². The van der Waals surface area contributed by atoms with Crippen LogP contribution >= 0.6 is 11.6 Å². The fourth-order valence-electron chi connectivity index (χ4n) is 6.30. The smallest absolute Gasteiger partial charge is 0.326 e. The zero-order valence-electron chi connectivity index (χ0n) is 31.5. The van der Waals surface area contributed by atoms with E-state index in [0.717, 1.165) is 22.6 Å². The lowest BCUT2D eigenvalue weighted by molar-refractivity contribution is -0.142. The highest BCUT2D eigenvalue weighted by Gasteiger charge is 2.32. The maximum absolute atomic E-state index is 13.9. The van der Waals surface area contributed by atoms with Crippen LogP contribution in [0.2, 0.25) is 5.02 Å². The summed E-state index contributed by atoms with van der Waals surface area (Å²) < 4.78 is 6.02. The fourth-order valence-corrected chi connectivity index (χ4v) is 6.42. The Hall–Kier alpha value is -6.22. The Kier molecular flexibility index (Phi) is 14.0. The van der Waals surface area contributed by atoms with E-state index in [2.05, 4.69) is 22.9 Å². The Balaban J connectivity index is 0.00000117. The fraction of sp³-hybridized carbons (Fsp3) is 0.262. The number of rotatable bonds is 9. The summed E-state index contributed by atoms with van der Waals surface area (Å²) in [6.07, 6.45) is 2.27. The van der Waals surface area contributed by atoms with Crippen molar-refractivity contribution in [1.82, 2.24) is 20.9 Å². The second-order valence-corrected chi connectivity index (χ2v) is 13.9. The number of furan rings is 1. The standard InChI is InChI=1S/C38H34ClN5O8.C4H11N/c1-44(33(47)19-42-36(48)23-5-3-21(4-6-23)22-7-9-26(39)10-8-22)34-24-14-25-15-27(17-40)52-35(25)29(16-24)28-12-20(2-11-31(28)45)13-30(38(50)51)43-32(46)18-41-37(34)49;1-2-3-4-5/h2-12,14-16,30,34,45H,13,17-19,40H2,1H3,(H,41,49)(H,42,48)(H,43,46)(H,50,51);2-5H2,1H3. The lowest BCUT2D eigenvalue weighted by Crippen LogP contribution is -2.49. The maximum atomic E-state index is 13.9. The molecule has 298 valence electrons. The quantitative estimate of drug-likeness (QED) is 0.110. The average Bonchev–Trinajstić information content (AvgIpc) is 3.63. The minimum absolute atomic E-state index is 0.0510. The molecule has 0 fully saturated rings. The molecule has 0 saturated carbocycles. The molecule has 2 unspecified atom stereocenters. The second kappa shape index (κ2) is 19.1. The minimum atomic E-state index is -1.35. The molecular weight excluding hydrogens is 752 g/mol. The predicted octanol–water partition coefficient (Wildman–Crippen LogP) is 4.50. The van der Waals surface area contributed by atoms with Crippen molar-refractivity contribution in [3.8, 4) is 28.0 Å². The third kappa shape index (κ3) is 10.4. The summed E-state index contributed by atoms with van der Waals surface area (Å²) in [5, 5.41) is 29.5. The summed E-state index contributed by atoms with van der Waals surface area (Å²) >= 11 is 5.99. The van der Waals surface area contributed by atoms with Gasteiger partial charge in [-0.2, -0.15) is 0 Å². The van der Waals surface area contributed by atoms with Crippen LogP contribution in [-0.4, -0.2) is 77.4 Å². The Bertz CT molecular complexity index is 2260. The zero-order valence-corrected chi connectivity index (χ0v) is 32.3. The van der Waals surface area contributed by atoms with E-state index in [1.807, 2.05) is 12.1 Å². The lowest BCUT2D eigenvalue weighted by Gasteiger charge is -2.28. The van der Waals surface area contributed by atoms with Gasteiger partial charge >= 0.3 is 5.97 Å². The van der Waals surface area contributed by atoms with Crippen molar-refractivity contribution in [2.45, 2.75) is 44.8 Å². The largest absolute Gasteiger partial charge is 0.507 e. The van der Waals surface area contributed by atoms with Gasteiger partial charge < -0.3 is 46.9 Å². The average molecular weight is 797 g/mol. The molecule has 0 aliphatic carbocycles. The number of aromatic hydroxyl groups is 1. The second-order valence-electron chi connectivity index (χ2n) is 13.5. The van der Waals surface area contributed by atoms with E-state index in [1.165, 1.54) is 26.0 Å². The van der Waals surface area contributed by atoms with E-state index in [0.29, 0.717) is 44.0 Å². The van der Waals surface area contributed by atoms with Crippen molar-refractivity contribution in [2.24, 2.45) is 11.5 Å². The molecule has 5 aromatic rings. The number of carbonyl (C=O) groups is 5. The van der Waals surface area contributed by atoms with E-state index in [9.17, 15) is 34.2 Å². The Labute approximate surface area is 334 Å². The van der Waals surface area contributed by atoms with Gasteiger partial charge in [-0.3, -0.25) is 19.2 Å². The van der Waals surface area contributed by atoms with Crippen LogP contribution in [0.3, 0.4) is 0 Å². The first kappa shape index (κ1) is 41.9. The van der Waals surface area contributed by atoms with Gasteiger partial charge in [-0.05, 0) is 89.8 Å². The van der Waals surface area contributed by atoms with Crippen molar-refractivity contribution in [3.05, 3.63) is 112 Å². The third-order valence-electron chi connectivity index (χ3n) is 9.37. The molecule has 4 bridgehead atoms. The molecule has 0 radical (unpaired) electrons. The number of phenolic OH excluding ortho intramolecular Hbond substituents is 1. The lowest BCUT2D eigenvalue weighted by atomic mass is 9.93. The Morgan fingerprint density at radius 1 is 0.947 bits per heavy atom. The number of nitrogens with one attached hydrogen (secondary N) is 3. The van der Waals surface area contributed by atoms with E-state index in [1.54, 1.807) is 66.7 Å². The summed E-state index contributed by atoms with van der Waals surface area (Å²) in [5.41, 5.74) is 14.8. The van der Waals surface area contributed by atoms with Crippen molar-refractivity contribution >= 4 is 52.2 Å². The van der Waals surface area contributed by atoms with E-state index in [4.69, 9.17) is 27.5 Å². The van der Waals surface area contributed by atoms with Gasteiger partial charge in [-0.15, -0.1) is 0 Å². The summed E-state index contributed by atoms with van der Waals surface area (Å²) in [5.74, 6) is -3.72. The molecule has 0 spiro atoms. The molecule has 6 rings (SSSR count). The molecule has 4 amide bonds. The van der Waals surface area contributed by atoms with Gasteiger partial charge in [-0.1, -0.05) is 55.3 Å². The molecule has 1 aliphatic rings. The first-order chi connectivity index (χ1) is 27.3. The highest BCUT2D eigenvalue weighted by molar-refractivity contribution is 6.30. The molecule has 2 atom stereocenters. The number of carboxylic acids is 1. The highest BCUT2D eigenvalue weighted by atomic mass is 35.5. The number of amides is 4. The third-order valence-corrected chi connectivity index (χ3v) is 9.62. The highest BCUT2D eigenvalue weighted by Crippen LogP contribution is 2.40. The number of nitrogens with zero attached hydrogens (tertiary/aromatic N) is 1. The van der Waals surface area contributed by atoms with E-state index < -0.39 is 54.8 Å². The van der Waals surface area contributed by atoms with Crippen molar-refractivity contribution in [1.29, 1.82) is 0 Å². The van der Waals surface area contributed by atoms with Gasteiger partial charge in [0, 0.05) is 40.6 Å². The summed E-state index contributed by atoms with van der Waals surface area (Å²) in [7, 11) is 1.38. The number of halogens is 1. The van der Waals surface area contributed by atoms with Gasteiger partial charge in [0.15, 0.2) is 0 Å². The van der Waals surface area contributed by atoms with Gasteiger partial charge in [-0.25, -0.2) is 4.79 Å². The number of hydrogen-bond donors (Lipinski definition) is 7. The van der Waals surface area contributed by atoms with E-state index >= 15 is 0 Å². The van der Waals surface area contributed by atoms with Crippen LogP contribution in [-0.2, 0) is 32.1 Å². The first-order valence-corrected chi connectivity index (χ1v) is 18.7. The zero-order chi connectivity index (χ0) is 41.2. The van der Waals surface area contributed by atoms with Crippen LogP contribution in [0.4, 0.5) is 0 Å². The molecule has 2 heterocycles. The molecule has 9 N–H and O–H groups in total. The number of fused-ring (bicyclic) bond motifs is 7. The van der Waals surface area contributed by atoms with Gasteiger partial charge in [0.25, 0.3) is 5.91 Å². The van der Waals surface area contributed by atoms with Crippen molar-refractivity contribution in [2.75, 3.05) is 26.7 Å². The van der Waals surface area contributed by atoms with Crippen molar-refractivity contribution < 1.29 is 38.6 Å². The maximum Gasteiger partial charge on any atom is 0.326 e. The van der Waals surface area contributed by atoms with Gasteiger partial charge in [0.1, 0.15) is 29.2 Å². The number of benzene rings is 4. The molecular formula is C42H45ClN6O8. The number of unbranched alkanes of at least 4 members (excludes halogenated alkanes) is 1. The van der Waals surface area contributed by atoms with Crippen LogP contribution in [0.25, 0.3) is 33.2 Å². The normalized spacial score (nSPS) is 15.3. The predicted molar refractivity (Wildman–Crippen MR) is 216 cm³/mol. The van der Waals surface area contributed by atoms with Crippen LogP contribution in [0.5, 0.6) is 5.75 Å². The molecule has 14 nitrogen and oxygen atoms in total. The summed E-state index contributed by atoms with van der Waals surface area (Å²) in [4.78, 5) is 66.6. The monoisotopic (exact) mass is 796 g/mol. The molecule has 0 saturated heterocycles. The van der Waals surface area contributed by atoms with Crippen molar-refractivity contribution in [3.63, 3.8) is 0 Å². The molecule has 15 heteroatoms. The van der Waals surface area contributed by atoms with Gasteiger partial charge in [0.2, 0.25) is 17.7 Å². The summed E-state index contributed by atoms with van der Waals surface area (Å²) in [6, 6.07) is 20.8. The number of carboxylic acid groups (broad SMARTS) is 1. The van der Waals surface area contributed by atoms with Crippen LogP contribution in [0, 0.1) is 0 Å². The minimum Gasteiger partial charge on any atom is -0.507 e. The molecule has 57 heavy (non-hydrogen) atoms. The number of hydrogen-bond acceptors (Lipinski definition) is 9. The Morgan fingerprint density at radius 2 is 1.63 bits per heavy atom. The molecule has 4 aromatic carbocycles. The summed E-state index contributed by atoms with van der Waals surface area (Å²) in [6.45, 7) is 1.97. The number of nitrogens with two attached hydrogens (primary N) is 2. The van der Waals surface area contributed by atoms with E-state index in [-0.39, 0.29) is 24.3 Å². The van der Waals surface area contributed by atoms with Crippen LogP contribution < -0.4 is 27.4 Å². The SMILES string of the molecule is CCCCN.CN(C(=O)CNC(=O)c1ccc(-c2ccc(Cl)cc2)cc1)C1C(=O)NCC(=O)NC(C(=O)O)Cc2ccc(O)c(c2)-c2cc1cc1cc(CN)oc21. The molecule has 1 aromatic heterocycles. The first-order valence-electron chi connectivity index (χ1n) is 18.3. The van der Waals surface area contributed by atoms with Crippen LogP contribution in [0.1, 0.15) is 53.1 Å². The number of aliphatic carboxylic acids is 1.